The predicted molar refractivity (Wildman–Crippen MR) is 147 cm³/mol. The Labute approximate surface area is 229 Å². The van der Waals surface area contributed by atoms with Crippen LogP contribution in [0.3, 0.4) is 0 Å². The summed E-state index contributed by atoms with van der Waals surface area (Å²) < 4.78 is 6.07. The molecule has 198 valence electrons. The maximum Gasteiger partial charge on any atom is 0.325 e. The van der Waals surface area contributed by atoms with Gasteiger partial charge in [0.2, 0.25) is 11.8 Å². The first-order valence-electron chi connectivity index (χ1n) is 12.9. The van der Waals surface area contributed by atoms with E-state index in [2.05, 4.69) is 21.3 Å². The van der Waals surface area contributed by atoms with E-state index in [0.717, 1.165) is 51.3 Å². The molecule has 2 amide bonds. The number of halogens is 1. The molecule has 10 heteroatoms. The van der Waals surface area contributed by atoms with Crippen LogP contribution in [-0.2, 0) is 32.1 Å². The van der Waals surface area contributed by atoms with Gasteiger partial charge >= 0.3 is 5.97 Å². The van der Waals surface area contributed by atoms with Crippen molar-refractivity contribution in [3.05, 3.63) is 45.9 Å². The Morgan fingerprint density at radius 1 is 1.21 bits per heavy atom. The van der Waals surface area contributed by atoms with Gasteiger partial charge < -0.3 is 9.64 Å². The van der Waals surface area contributed by atoms with Crippen LogP contribution in [0.1, 0.15) is 43.0 Å². The Balaban J connectivity index is 1.41. The number of methoxy groups -OCH3 is 1. The number of ether oxygens (including phenoxy) is 1. The lowest BCUT2D eigenvalue weighted by Gasteiger charge is -2.38. The number of rotatable bonds is 5. The van der Waals surface area contributed by atoms with E-state index >= 15 is 0 Å². The number of amides is 2. The fraction of sp³-hybridized carbons (Fsp3) is 0.429. The third-order valence-corrected chi connectivity index (χ3v) is 9.32. The fourth-order valence-corrected chi connectivity index (χ4v) is 7.47. The van der Waals surface area contributed by atoms with Crippen LogP contribution in [0, 0.1) is 0 Å². The largest absolute Gasteiger partial charge is 0.468 e. The third kappa shape index (κ3) is 4.26. The number of thiophene rings is 1. The van der Waals surface area contributed by atoms with Crippen molar-refractivity contribution in [2.75, 3.05) is 25.1 Å². The fourth-order valence-electron chi connectivity index (χ4n) is 6.10. The van der Waals surface area contributed by atoms with Gasteiger partial charge in [-0.15, -0.1) is 11.3 Å². The second-order valence-electron chi connectivity index (χ2n) is 10.5. The number of aryl methyl sites for hydroxylation is 1. The Kier molecular flexibility index (Phi) is 6.40. The van der Waals surface area contributed by atoms with Gasteiger partial charge in [0.25, 0.3) is 0 Å². The van der Waals surface area contributed by atoms with Crippen molar-refractivity contribution >= 4 is 56.6 Å². The highest BCUT2D eigenvalue weighted by atomic mass is 35.5. The standard InChI is InChI=1S/C28H29ClN4O4S/c1-28(27(36)37-2)13-18(14-31-28)32-9-3-4-16-10-17(29)11-21(25(16)32)20-7-8-30-22-12-19(38-26(20)22)15-33-23(34)5-6-24(33)35/h7-8,10-12,18,31H,3-6,9,13-15H2,1-2H3/t18-,28-/m0/s1. The molecule has 2 atom stereocenters. The number of hydrogen-bond acceptors (Lipinski definition) is 8. The molecule has 0 radical (unpaired) electrons. The molecule has 38 heavy (non-hydrogen) atoms. The van der Waals surface area contributed by atoms with Gasteiger partial charge in [-0.1, -0.05) is 11.6 Å². The molecule has 2 saturated heterocycles. The van der Waals surface area contributed by atoms with Crippen LogP contribution in [-0.4, -0.2) is 59.4 Å². The normalized spacial score (nSPS) is 23.4. The number of nitrogens with one attached hydrogen (secondary N) is 1. The first-order valence-corrected chi connectivity index (χ1v) is 14.1. The molecule has 0 aliphatic carbocycles. The van der Waals surface area contributed by atoms with Gasteiger partial charge in [-0.3, -0.25) is 29.6 Å². The van der Waals surface area contributed by atoms with E-state index in [1.54, 1.807) is 17.5 Å². The molecular weight excluding hydrogens is 524 g/mol. The molecule has 3 aliphatic rings. The molecule has 1 aromatic carbocycles. The first kappa shape index (κ1) is 25.3. The number of anilines is 1. The summed E-state index contributed by atoms with van der Waals surface area (Å²) in [5, 5.41) is 4.08. The summed E-state index contributed by atoms with van der Waals surface area (Å²) in [5.41, 5.74) is 4.51. The van der Waals surface area contributed by atoms with E-state index in [9.17, 15) is 14.4 Å². The van der Waals surface area contributed by atoms with Gasteiger partial charge in [-0.25, -0.2) is 0 Å². The lowest BCUT2D eigenvalue weighted by atomic mass is 9.91. The van der Waals surface area contributed by atoms with E-state index in [-0.39, 0.29) is 43.2 Å². The van der Waals surface area contributed by atoms with Crippen LogP contribution in [0.4, 0.5) is 5.69 Å². The number of nitrogens with zero attached hydrogens (tertiary/aromatic N) is 3. The molecule has 8 nitrogen and oxygen atoms in total. The second kappa shape index (κ2) is 9.63. The number of benzene rings is 1. The molecule has 2 aromatic heterocycles. The number of pyridine rings is 1. The number of likely N-dealkylation sites (tertiary alicyclic amines) is 1. The molecule has 0 saturated carbocycles. The summed E-state index contributed by atoms with van der Waals surface area (Å²) in [5.74, 6) is -0.487. The van der Waals surface area contributed by atoms with Crippen molar-refractivity contribution in [3.8, 4) is 11.1 Å². The van der Waals surface area contributed by atoms with E-state index < -0.39 is 5.54 Å². The Hall–Kier alpha value is -3.01. The molecule has 3 aliphatic heterocycles. The van der Waals surface area contributed by atoms with Gasteiger partial charge in [0.15, 0.2) is 0 Å². The molecule has 0 spiro atoms. The maximum absolute atomic E-state index is 12.5. The van der Waals surface area contributed by atoms with Gasteiger partial charge in [0, 0.05) is 64.9 Å². The molecule has 1 N–H and O–H groups in total. The van der Waals surface area contributed by atoms with Gasteiger partial charge in [0.05, 0.1) is 23.9 Å². The summed E-state index contributed by atoms with van der Waals surface area (Å²) in [6.07, 6.45) is 4.94. The SMILES string of the molecule is COC(=O)[C@]1(C)C[C@H](N2CCCc3cc(Cl)cc(-c4ccnc5cc(CN6C(=O)CCC6=O)sc45)c32)CN1. The minimum atomic E-state index is -0.722. The zero-order chi connectivity index (χ0) is 26.6. The smallest absolute Gasteiger partial charge is 0.325 e. The predicted octanol–water partition coefficient (Wildman–Crippen LogP) is 4.31. The molecule has 5 heterocycles. The van der Waals surface area contributed by atoms with Crippen LogP contribution >= 0.6 is 22.9 Å². The van der Waals surface area contributed by atoms with Gasteiger partial charge in [-0.05, 0) is 56.0 Å². The van der Waals surface area contributed by atoms with E-state index in [1.807, 2.05) is 25.1 Å². The molecule has 6 rings (SSSR count). The quantitative estimate of drug-likeness (QED) is 0.372. The van der Waals surface area contributed by atoms with Crippen LogP contribution in [0.25, 0.3) is 21.3 Å². The third-order valence-electron chi connectivity index (χ3n) is 7.96. The van der Waals surface area contributed by atoms with E-state index in [0.29, 0.717) is 18.0 Å². The molecule has 2 fully saturated rings. The summed E-state index contributed by atoms with van der Waals surface area (Å²) in [4.78, 5) is 46.2. The second-order valence-corrected chi connectivity index (χ2v) is 12.1. The van der Waals surface area contributed by atoms with Gasteiger partial charge in [-0.2, -0.15) is 0 Å². The van der Waals surface area contributed by atoms with Crippen molar-refractivity contribution in [1.82, 2.24) is 15.2 Å². The van der Waals surface area contributed by atoms with E-state index in [4.69, 9.17) is 16.3 Å². The highest BCUT2D eigenvalue weighted by Gasteiger charge is 2.45. The van der Waals surface area contributed by atoms with Crippen LogP contribution < -0.4 is 10.2 Å². The molecule has 3 aromatic rings. The van der Waals surface area contributed by atoms with Crippen molar-refractivity contribution in [3.63, 3.8) is 0 Å². The molecular formula is C28H29ClN4O4S. The average molecular weight is 553 g/mol. The number of imide groups is 1. The summed E-state index contributed by atoms with van der Waals surface area (Å²) in [6, 6.07) is 8.18. The Bertz CT molecular complexity index is 1460. The van der Waals surface area contributed by atoms with Crippen LogP contribution in [0.15, 0.2) is 30.5 Å². The number of esters is 1. The Morgan fingerprint density at radius 2 is 2.00 bits per heavy atom. The van der Waals surface area contributed by atoms with Crippen LogP contribution in [0.2, 0.25) is 5.02 Å². The minimum absolute atomic E-state index is 0.121. The highest BCUT2D eigenvalue weighted by Crippen LogP contribution is 2.45. The molecule has 0 bridgehead atoms. The van der Waals surface area contributed by atoms with Crippen molar-refractivity contribution in [2.45, 2.75) is 57.2 Å². The monoisotopic (exact) mass is 552 g/mol. The molecule has 0 unspecified atom stereocenters. The van der Waals surface area contributed by atoms with Crippen LogP contribution in [0.5, 0.6) is 0 Å². The zero-order valence-corrected chi connectivity index (χ0v) is 23.0. The average Bonchev–Trinajstić information content (AvgIpc) is 3.60. The lowest BCUT2D eigenvalue weighted by Crippen LogP contribution is -2.45. The first-order chi connectivity index (χ1) is 18.3. The summed E-state index contributed by atoms with van der Waals surface area (Å²) in [6.45, 7) is 3.74. The minimum Gasteiger partial charge on any atom is -0.468 e. The number of hydrogen-bond donors (Lipinski definition) is 1. The van der Waals surface area contributed by atoms with E-state index in [1.165, 1.54) is 17.6 Å². The number of fused-ring (bicyclic) bond motifs is 2. The zero-order valence-electron chi connectivity index (χ0n) is 21.4. The lowest BCUT2D eigenvalue weighted by molar-refractivity contribution is -0.147. The summed E-state index contributed by atoms with van der Waals surface area (Å²) >= 11 is 8.22. The Morgan fingerprint density at radius 3 is 2.76 bits per heavy atom. The van der Waals surface area contributed by atoms with Gasteiger partial charge in [0.1, 0.15) is 5.54 Å². The highest BCUT2D eigenvalue weighted by molar-refractivity contribution is 7.19. The van der Waals surface area contributed by atoms with Crippen molar-refractivity contribution in [1.29, 1.82) is 0 Å². The number of aromatic nitrogens is 1. The maximum atomic E-state index is 12.5. The van der Waals surface area contributed by atoms with Crippen molar-refractivity contribution in [2.24, 2.45) is 0 Å². The number of carbonyl (C=O) groups excluding carboxylic acids is 3. The van der Waals surface area contributed by atoms with Crippen molar-refractivity contribution < 1.29 is 19.1 Å². The topological polar surface area (TPSA) is 91.8 Å². The summed E-state index contributed by atoms with van der Waals surface area (Å²) in [7, 11) is 1.43. The number of carbonyl (C=O) groups is 3.